The molecular formula is C9H14N2O2S. The fourth-order valence-electron chi connectivity index (χ4n) is 0.896. The lowest BCUT2D eigenvalue weighted by atomic mass is 10.4. The predicted octanol–water partition coefficient (Wildman–Crippen LogP) is 1.15. The number of ether oxygens (including phenoxy) is 1. The van der Waals surface area contributed by atoms with Crippen LogP contribution in [0.25, 0.3) is 0 Å². The molecule has 0 saturated heterocycles. The lowest BCUT2D eigenvalue weighted by Crippen LogP contribution is -2.13. The van der Waals surface area contributed by atoms with E-state index in [4.69, 9.17) is 15.6 Å². The Morgan fingerprint density at radius 1 is 1.71 bits per heavy atom. The molecule has 0 bridgehead atoms. The smallest absolute Gasteiger partial charge is 0.139 e. The first-order chi connectivity index (χ1) is 6.63. The van der Waals surface area contributed by atoms with E-state index in [1.807, 2.05) is 12.3 Å². The largest absolute Gasteiger partial charge is 0.489 e. The molecule has 78 valence electrons. The summed E-state index contributed by atoms with van der Waals surface area (Å²) >= 11 is 1.51. The van der Waals surface area contributed by atoms with Gasteiger partial charge in [-0.2, -0.15) is 0 Å². The number of nitrogens with two attached hydrogens (primary N) is 1. The summed E-state index contributed by atoms with van der Waals surface area (Å²) in [6.45, 7) is 1.93. The Balaban J connectivity index is 2.69. The Bertz CT molecular complexity index is 305. The van der Waals surface area contributed by atoms with Crippen LogP contribution in [0.4, 0.5) is 5.82 Å². The van der Waals surface area contributed by atoms with Crippen molar-refractivity contribution in [3.05, 3.63) is 12.3 Å². The van der Waals surface area contributed by atoms with Crippen molar-refractivity contribution >= 4 is 17.6 Å². The molecule has 1 aromatic heterocycles. The maximum absolute atomic E-state index is 9.02. The van der Waals surface area contributed by atoms with Gasteiger partial charge in [-0.15, -0.1) is 11.8 Å². The van der Waals surface area contributed by atoms with Crippen molar-refractivity contribution in [3.8, 4) is 5.75 Å². The molecule has 0 aliphatic heterocycles. The molecule has 0 amide bonds. The van der Waals surface area contributed by atoms with Gasteiger partial charge in [0.25, 0.3) is 0 Å². The number of thioether (sulfide) groups is 1. The second kappa shape index (κ2) is 5.07. The Hall–Kier alpha value is -0.940. The van der Waals surface area contributed by atoms with Gasteiger partial charge in [0.05, 0.1) is 17.2 Å². The summed E-state index contributed by atoms with van der Waals surface area (Å²) in [6.07, 6.45) is 2.99. The summed E-state index contributed by atoms with van der Waals surface area (Å²) in [4.78, 5) is 4.86. The molecule has 0 aromatic carbocycles. The highest BCUT2D eigenvalue weighted by Gasteiger charge is 2.03. The average molecular weight is 214 g/mol. The van der Waals surface area contributed by atoms with Crippen LogP contribution in [0.3, 0.4) is 0 Å². The van der Waals surface area contributed by atoms with Crippen LogP contribution in [0.2, 0.25) is 0 Å². The van der Waals surface area contributed by atoms with Gasteiger partial charge in [0.1, 0.15) is 18.2 Å². The minimum absolute atomic E-state index is 0.263. The average Bonchev–Trinajstić information content (AvgIpc) is 2.16. The highest BCUT2D eigenvalue weighted by atomic mass is 32.2. The highest BCUT2D eigenvalue weighted by molar-refractivity contribution is 7.98. The van der Waals surface area contributed by atoms with Gasteiger partial charge < -0.3 is 15.6 Å². The van der Waals surface area contributed by atoms with E-state index in [0.717, 1.165) is 4.90 Å². The number of nitrogens with zero attached hydrogens (tertiary/aromatic N) is 1. The van der Waals surface area contributed by atoms with E-state index in [0.29, 0.717) is 11.6 Å². The van der Waals surface area contributed by atoms with E-state index in [1.165, 1.54) is 11.8 Å². The number of aliphatic hydroxyl groups excluding tert-OH is 1. The van der Waals surface area contributed by atoms with Crippen LogP contribution in [0.1, 0.15) is 6.92 Å². The zero-order chi connectivity index (χ0) is 10.6. The van der Waals surface area contributed by atoms with Gasteiger partial charge >= 0.3 is 0 Å². The number of anilines is 1. The zero-order valence-corrected chi connectivity index (χ0v) is 9.04. The third-order valence-corrected chi connectivity index (χ3v) is 2.33. The summed E-state index contributed by atoms with van der Waals surface area (Å²) in [6, 6.07) is 1.81. The first kappa shape index (κ1) is 11.1. The number of nitrogen functional groups attached to an aromatic ring is 1. The van der Waals surface area contributed by atoms with Crippen molar-refractivity contribution in [2.24, 2.45) is 0 Å². The number of aliphatic hydroxyl groups is 1. The van der Waals surface area contributed by atoms with Crippen LogP contribution in [0, 0.1) is 0 Å². The van der Waals surface area contributed by atoms with Crippen LogP contribution >= 0.6 is 11.8 Å². The Labute approximate surface area is 87.5 Å². The lowest BCUT2D eigenvalue weighted by molar-refractivity contribution is 0.122. The molecule has 1 heterocycles. The molecule has 0 unspecified atom stereocenters. The van der Waals surface area contributed by atoms with E-state index in [1.54, 1.807) is 13.1 Å². The maximum atomic E-state index is 9.02. The van der Waals surface area contributed by atoms with Crippen LogP contribution < -0.4 is 10.5 Å². The summed E-state index contributed by atoms with van der Waals surface area (Å²) in [5, 5.41) is 9.02. The van der Waals surface area contributed by atoms with Crippen LogP contribution in [-0.4, -0.2) is 29.1 Å². The third kappa shape index (κ3) is 3.08. The molecule has 4 nitrogen and oxygen atoms in total. The van der Waals surface area contributed by atoms with E-state index in [2.05, 4.69) is 4.98 Å². The molecule has 0 fully saturated rings. The van der Waals surface area contributed by atoms with Gasteiger partial charge in [0.15, 0.2) is 0 Å². The van der Waals surface area contributed by atoms with E-state index in [-0.39, 0.29) is 6.61 Å². The molecule has 14 heavy (non-hydrogen) atoms. The van der Waals surface area contributed by atoms with Crippen LogP contribution in [0.15, 0.2) is 17.2 Å². The molecule has 3 N–H and O–H groups in total. The van der Waals surface area contributed by atoms with Crippen molar-refractivity contribution in [2.75, 3.05) is 18.6 Å². The highest BCUT2D eigenvalue weighted by Crippen LogP contribution is 2.24. The van der Waals surface area contributed by atoms with Gasteiger partial charge in [0.2, 0.25) is 0 Å². The zero-order valence-electron chi connectivity index (χ0n) is 8.23. The second-order valence-electron chi connectivity index (χ2n) is 2.92. The second-order valence-corrected chi connectivity index (χ2v) is 3.77. The fourth-order valence-corrected chi connectivity index (χ4v) is 1.39. The van der Waals surface area contributed by atoms with E-state index < -0.39 is 6.10 Å². The monoisotopic (exact) mass is 214 g/mol. The Morgan fingerprint density at radius 3 is 3.00 bits per heavy atom. The molecular weight excluding hydrogens is 200 g/mol. The van der Waals surface area contributed by atoms with Gasteiger partial charge in [0, 0.05) is 0 Å². The van der Waals surface area contributed by atoms with Crippen molar-refractivity contribution in [2.45, 2.75) is 17.9 Å². The normalized spacial score (nSPS) is 12.5. The minimum Gasteiger partial charge on any atom is -0.489 e. The molecule has 1 atom stereocenters. The van der Waals surface area contributed by atoms with Gasteiger partial charge in [-0.25, -0.2) is 4.98 Å². The number of hydrogen-bond donors (Lipinski definition) is 2. The fraction of sp³-hybridized carbons (Fsp3) is 0.444. The number of pyridine rings is 1. The quantitative estimate of drug-likeness (QED) is 0.736. The summed E-state index contributed by atoms with van der Waals surface area (Å²) in [7, 11) is 0. The van der Waals surface area contributed by atoms with Gasteiger partial charge in [-0.1, -0.05) is 0 Å². The Kier molecular flexibility index (Phi) is 4.03. The van der Waals surface area contributed by atoms with E-state index in [9.17, 15) is 0 Å². The van der Waals surface area contributed by atoms with Crippen molar-refractivity contribution in [3.63, 3.8) is 0 Å². The summed E-state index contributed by atoms with van der Waals surface area (Å²) in [5.74, 6) is 1.13. The number of hydrogen-bond acceptors (Lipinski definition) is 5. The van der Waals surface area contributed by atoms with Crippen LogP contribution in [0.5, 0.6) is 5.75 Å². The van der Waals surface area contributed by atoms with Crippen molar-refractivity contribution < 1.29 is 9.84 Å². The molecule has 1 aromatic rings. The minimum atomic E-state index is -0.481. The van der Waals surface area contributed by atoms with Gasteiger partial charge in [-0.3, -0.25) is 0 Å². The molecule has 0 radical (unpaired) electrons. The molecule has 0 saturated carbocycles. The lowest BCUT2D eigenvalue weighted by Gasteiger charge is -2.09. The SMILES string of the molecule is CSc1cc(OC[C@H](C)O)cnc1N. The van der Waals surface area contributed by atoms with Gasteiger partial charge in [-0.05, 0) is 19.2 Å². The molecule has 1 rings (SSSR count). The molecule has 0 spiro atoms. The first-order valence-electron chi connectivity index (χ1n) is 4.24. The summed E-state index contributed by atoms with van der Waals surface area (Å²) in [5.41, 5.74) is 5.62. The Morgan fingerprint density at radius 2 is 2.43 bits per heavy atom. The topological polar surface area (TPSA) is 68.4 Å². The van der Waals surface area contributed by atoms with Crippen LogP contribution in [-0.2, 0) is 0 Å². The molecule has 0 aliphatic carbocycles. The maximum Gasteiger partial charge on any atom is 0.139 e. The van der Waals surface area contributed by atoms with Crippen molar-refractivity contribution in [1.29, 1.82) is 0 Å². The molecule has 0 aliphatic rings. The number of aromatic nitrogens is 1. The third-order valence-electron chi connectivity index (χ3n) is 1.57. The van der Waals surface area contributed by atoms with Crippen molar-refractivity contribution in [1.82, 2.24) is 4.98 Å². The number of rotatable bonds is 4. The summed E-state index contributed by atoms with van der Waals surface area (Å²) < 4.78 is 5.28. The first-order valence-corrected chi connectivity index (χ1v) is 5.46. The predicted molar refractivity (Wildman–Crippen MR) is 57.6 cm³/mol. The molecule has 5 heteroatoms. The van der Waals surface area contributed by atoms with E-state index >= 15 is 0 Å². The standard InChI is InChI=1S/C9H14N2O2S/c1-6(12)5-13-7-3-8(14-2)9(10)11-4-7/h3-4,6,12H,5H2,1-2H3,(H2,10,11)/t6-/m0/s1.